The largest absolute Gasteiger partial charge is 0.508 e. The minimum Gasteiger partial charge on any atom is -0.508 e. The Bertz CT molecular complexity index is 1460. The number of likely N-dealkylation sites (N-methyl/N-ethyl adjacent to an activating group) is 1. The second-order valence-electron chi connectivity index (χ2n) is 12.9. The van der Waals surface area contributed by atoms with Crippen molar-refractivity contribution in [3.8, 4) is 5.75 Å². The lowest BCUT2D eigenvalue weighted by Gasteiger charge is -2.34. The van der Waals surface area contributed by atoms with Crippen LogP contribution in [0.25, 0.3) is 0 Å². The standard InChI is InChI=1S/C34H51N7O8S2/c1-5-21(2)29(37-32(45)27-8-6-7-14-40(27)4)33(46)41(48)15-13-28-36-26(20-51-28)31(44)35-24(19-23-9-11-25(42)12-10-23)18-22(3)30(43)38-39-34(47)49-16-17-50/h9-12,20-22,24,27,29,42,48,50H,5-8,13-19H2,1-4H3,(H,35,44)(H,37,45)(H,38,43)(H,39,47)/t21?,22-,24+,27+,29-/m0/s1. The van der Waals surface area contributed by atoms with Crippen LogP contribution in [0.1, 0.15) is 73.9 Å². The summed E-state index contributed by atoms with van der Waals surface area (Å²) in [6, 6.07) is 4.75. The van der Waals surface area contributed by atoms with Crippen molar-refractivity contribution in [3.63, 3.8) is 0 Å². The number of aromatic hydroxyl groups is 1. The number of hydrazine groups is 1. The molecule has 2 heterocycles. The van der Waals surface area contributed by atoms with Crippen molar-refractivity contribution in [1.29, 1.82) is 0 Å². The number of ether oxygens (including phenoxy) is 1. The monoisotopic (exact) mass is 749 g/mol. The van der Waals surface area contributed by atoms with Crippen LogP contribution < -0.4 is 21.5 Å². The molecule has 0 spiro atoms. The molecule has 3 rings (SSSR count). The molecule has 1 aliphatic rings. The fourth-order valence-corrected chi connectivity index (χ4v) is 6.51. The predicted octanol–water partition coefficient (Wildman–Crippen LogP) is 2.68. The number of rotatable bonds is 17. The van der Waals surface area contributed by atoms with Crippen molar-refractivity contribution in [2.24, 2.45) is 11.8 Å². The maximum absolute atomic E-state index is 13.3. The number of carbonyl (C=O) groups excluding carboxylic acids is 5. The first kappa shape index (κ1) is 41.5. The summed E-state index contributed by atoms with van der Waals surface area (Å²) in [5, 5.41) is 28.9. The van der Waals surface area contributed by atoms with E-state index in [2.05, 4.69) is 39.1 Å². The van der Waals surface area contributed by atoms with E-state index in [9.17, 15) is 34.3 Å². The Morgan fingerprint density at radius 3 is 2.51 bits per heavy atom. The lowest BCUT2D eigenvalue weighted by atomic mass is 9.95. The summed E-state index contributed by atoms with van der Waals surface area (Å²) in [4.78, 5) is 70.5. The van der Waals surface area contributed by atoms with E-state index in [1.54, 1.807) is 24.4 Å². The number of piperidine rings is 1. The number of hydroxylamine groups is 2. The average molecular weight is 750 g/mol. The Morgan fingerprint density at radius 1 is 1.12 bits per heavy atom. The van der Waals surface area contributed by atoms with Gasteiger partial charge in [0.2, 0.25) is 11.8 Å². The summed E-state index contributed by atoms with van der Waals surface area (Å²) in [7, 11) is 1.90. The van der Waals surface area contributed by atoms with E-state index in [0.29, 0.717) is 35.1 Å². The van der Waals surface area contributed by atoms with Gasteiger partial charge >= 0.3 is 6.09 Å². The minimum atomic E-state index is -0.891. The molecule has 0 saturated carbocycles. The molecule has 15 nitrogen and oxygen atoms in total. The van der Waals surface area contributed by atoms with Crippen LogP contribution in [0.2, 0.25) is 0 Å². The Hall–Kier alpha value is -3.93. The number of thiazole rings is 1. The second-order valence-corrected chi connectivity index (χ2v) is 14.2. The number of phenols is 1. The van der Waals surface area contributed by atoms with Crippen molar-refractivity contribution < 1.29 is 39.0 Å². The topological polar surface area (TPSA) is 203 Å². The SMILES string of the molecule is CCC(C)[C@H](NC(=O)[C@H]1CCCCN1C)C(=O)N(O)CCc1nc(C(=O)N[C@@H](Cc2ccc(O)cc2)C[C@H](C)C(=O)NNC(=O)OCCS)cs1. The van der Waals surface area contributed by atoms with E-state index < -0.39 is 41.8 Å². The van der Waals surface area contributed by atoms with Gasteiger partial charge in [0, 0.05) is 29.5 Å². The molecular weight excluding hydrogens is 699 g/mol. The zero-order chi connectivity index (χ0) is 37.5. The van der Waals surface area contributed by atoms with Crippen molar-refractivity contribution >= 4 is 53.7 Å². The molecule has 282 valence electrons. The number of hydrogen-bond donors (Lipinski definition) is 7. The van der Waals surface area contributed by atoms with Crippen molar-refractivity contribution in [2.75, 3.05) is 32.5 Å². The molecule has 2 aromatic rings. The maximum Gasteiger partial charge on any atom is 0.426 e. The van der Waals surface area contributed by atoms with Crippen LogP contribution in [0.5, 0.6) is 5.75 Å². The Labute approximate surface area is 308 Å². The van der Waals surface area contributed by atoms with E-state index in [1.807, 2.05) is 25.8 Å². The molecule has 1 fully saturated rings. The fourth-order valence-electron chi connectivity index (χ4n) is 5.65. The Morgan fingerprint density at radius 2 is 1.84 bits per heavy atom. The Balaban J connectivity index is 1.61. The van der Waals surface area contributed by atoms with Crippen LogP contribution in [-0.2, 0) is 32.0 Å². The lowest BCUT2D eigenvalue weighted by Crippen LogP contribution is -2.56. The summed E-state index contributed by atoms with van der Waals surface area (Å²) < 4.78 is 4.82. The van der Waals surface area contributed by atoms with Crippen LogP contribution in [0, 0.1) is 11.8 Å². The number of benzene rings is 1. The van der Waals surface area contributed by atoms with Crippen LogP contribution in [-0.4, -0.2) is 106 Å². The quantitative estimate of drug-likeness (QED) is 0.0716. The number of nitrogens with one attached hydrogen (secondary N) is 4. The second kappa shape index (κ2) is 20.8. The van der Waals surface area contributed by atoms with Gasteiger partial charge in [-0.2, -0.15) is 12.6 Å². The molecule has 0 aliphatic carbocycles. The number of likely N-dealkylation sites (tertiary alicyclic amines) is 1. The number of aromatic nitrogens is 1. The highest BCUT2D eigenvalue weighted by Gasteiger charge is 2.34. The number of hydrogen-bond acceptors (Lipinski definition) is 12. The lowest BCUT2D eigenvalue weighted by molar-refractivity contribution is -0.170. The predicted molar refractivity (Wildman–Crippen MR) is 194 cm³/mol. The highest BCUT2D eigenvalue weighted by Crippen LogP contribution is 2.19. The molecular formula is C34H51N7O8S2. The van der Waals surface area contributed by atoms with E-state index >= 15 is 0 Å². The van der Waals surface area contributed by atoms with Gasteiger partial charge in [0.05, 0.1) is 17.6 Å². The molecule has 17 heteroatoms. The summed E-state index contributed by atoms with van der Waals surface area (Å²) in [6.07, 6.45) is 3.18. The molecule has 1 saturated heterocycles. The van der Waals surface area contributed by atoms with Crippen LogP contribution >= 0.6 is 24.0 Å². The van der Waals surface area contributed by atoms with Gasteiger partial charge < -0.3 is 20.5 Å². The van der Waals surface area contributed by atoms with Gasteiger partial charge in [-0.3, -0.25) is 34.7 Å². The van der Waals surface area contributed by atoms with Crippen LogP contribution in [0.4, 0.5) is 4.79 Å². The van der Waals surface area contributed by atoms with Gasteiger partial charge in [-0.25, -0.2) is 20.3 Å². The third kappa shape index (κ3) is 13.3. The first-order chi connectivity index (χ1) is 24.3. The molecule has 1 unspecified atom stereocenters. The van der Waals surface area contributed by atoms with E-state index in [4.69, 9.17) is 4.74 Å². The molecule has 5 amide bonds. The summed E-state index contributed by atoms with van der Waals surface area (Å²) in [6.45, 7) is 6.22. The number of nitrogens with zero attached hydrogens (tertiary/aromatic N) is 3. The zero-order valence-corrected chi connectivity index (χ0v) is 31.3. The van der Waals surface area contributed by atoms with Gasteiger partial charge in [0.1, 0.15) is 24.1 Å². The van der Waals surface area contributed by atoms with Crippen molar-refractivity contribution in [3.05, 3.63) is 45.9 Å². The number of phenolic OH excluding ortho intramolecular Hbond substituents is 1. The molecule has 6 N–H and O–H groups in total. The van der Waals surface area contributed by atoms with Crippen molar-refractivity contribution in [2.45, 2.75) is 83.8 Å². The van der Waals surface area contributed by atoms with E-state index in [1.165, 1.54) is 23.5 Å². The summed E-state index contributed by atoms with van der Waals surface area (Å²) in [5.41, 5.74) is 5.44. The fraction of sp³-hybridized carbons (Fsp3) is 0.588. The average Bonchev–Trinajstić information content (AvgIpc) is 3.60. The maximum atomic E-state index is 13.3. The van der Waals surface area contributed by atoms with Gasteiger partial charge in [-0.1, -0.05) is 45.7 Å². The highest BCUT2D eigenvalue weighted by atomic mass is 32.1. The smallest absolute Gasteiger partial charge is 0.426 e. The van der Waals surface area contributed by atoms with Crippen LogP contribution in [0.3, 0.4) is 0 Å². The molecule has 51 heavy (non-hydrogen) atoms. The number of carbonyl (C=O) groups is 5. The zero-order valence-electron chi connectivity index (χ0n) is 29.6. The first-order valence-electron chi connectivity index (χ1n) is 17.2. The number of amides is 5. The molecule has 5 atom stereocenters. The summed E-state index contributed by atoms with van der Waals surface area (Å²) in [5.74, 6) is -2.22. The van der Waals surface area contributed by atoms with Crippen LogP contribution in [0.15, 0.2) is 29.6 Å². The normalized spacial score (nSPS) is 16.9. The minimum absolute atomic E-state index is 0.0761. The third-order valence-electron chi connectivity index (χ3n) is 8.88. The molecule has 1 aliphatic heterocycles. The third-order valence-corrected chi connectivity index (χ3v) is 9.97. The molecule has 0 radical (unpaired) electrons. The molecule has 1 aromatic heterocycles. The molecule has 0 bridgehead atoms. The van der Waals surface area contributed by atoms with Gasteiger partial charge in [-0.15, -0.1) is 11.3 Å². The van der Waals surface area contributed by atoms with Crippen molar-refractivity contribution in [1.82, 2.24) is 36.4 Å². The molecule has 1 aromatic carbocycles. The van der Waals surface area contributed by atoms with Gasteiger partial charge in [0.15, 0.2) is 0 Å². The van der Waals surface area contributed by atoms with E-state index in [-0.39, 0.29) is 55.3 Å². The highest BCUT2D eigenvalue weighted by molar-refractivity contribution is 7.80. The Kier molecular flexibility index (Phi) is 16.9. The first-order valence-corrected chi connectivity index (χ1v) is 18.7. The summed E-state index contributed by atoms with van der Waals surface area (Å²) >= 11 is 5.16. The van der Waals surface area contributed by atoms with Gasteiger partial charge in [-0.05, 0) is 62.9 Å². The van der Waals surface area contributed by atoms with E-state index in [0.717, 1.165) is 24.9 Å². The van der Waals surface area contributed by atoms with Gasteiger partial charge in [0.25, 0.3) is 11.8 Å². The number of thiol groups is 1.